The molecule has 9 atom stereocenters. The summed E-state index contributed by atoms with van der Waals surface area (Å²) in [5.41, 5.74) is -1.31. The van der Waals surface area contributed by atoms with Crippen LogP contribution in [-0.2, 0) is 47.7 Å². The van der Waals surface area contributed by atoms with Crippen molar-refractivity contribution in [2.75, 3.05) is 0 Å². The lowest BCUT2D eigenvalue weighted by atomic mass is 9.47. The number of esters is 5. The second kappa shape index (κ2) is 11.6. The molecule has 2 saturated carbocycles. The van der Waals surface area contributed by atoms with Gasteiger partial charge in [-0.15, -0.1) is 0 Å². The molecule has 3 aliphatic rings. The minimum atomic E-state index is -1.39. The largest absolute Gasteiger partial charge is 0.462 e. The molecule has 0 heterocycles. The van der Waals surface area contributed by atoms with Gasteiger partial charge >= 0.3 is 29.8 Å². The molecule has 3 aliphatic carbocycles. The molecule has 0 spiro atoms. The number of allylic oxidation sites excluding steroid dienone is 1. The first-order chi connectivity index (χ1) is 18.8. The number of ether oxygens (including phenoxy) is 5. The van der Waals surface area contributed by atoms with E-state index in [4.69, 9.17) is 23.7 Å². The Bertz CT molecular complexity index is 1170. The van der Waals surface area contributed by atoms with E-state index < -0.39 is 89.0 Å². The van der Waals surface area contributed by atoms with E-state index >= 15 is 0 Å². The van der Waals surface area contributed by atoms with Crippen LogP contribution in [0.25, 0.3) is 0 Å². The Labute approximate surface area is 240 Å². The summed E-state index contributed by atoms with van der Waals surface area (Å²) in [5, 5.41) is 11.2. The van der Waals surface area contributed by atoms with Crippen LogP contribution in [0.1, 0.15) is 75.2 Å². The number of hydrogen-bond acceptors (Lipinski definition) is 11. The lowest BCUT2D eigenvalue weighted by Gasteiger charge is -2.62. The third kappa shape index (κ3) is 5.91. The fraction of sp³-hybridized carbons (Fsp3) is 0.700. The summed E-state index contributed by atoms with van der Waals surface area (Å²) in [7, 11) is 0. The van der Waals surface area contributed by atoms with Gasteiger partial charge in [0.1, 0.15) is 30.2 Å². The topological polar surface area (TPSA) is 152 Å². The third-order valence-electron chi connectivity index (χ3n) is 9.13. The lowest BCUT2D eigenvalue weighted by molar-refractivity contribution is -0.245. The third-order valence-corrected chi connectivity index (χ3v) is 9.13. The van der Waals surface area contributed by atoms with Gasteiger partial charge in [-0.1, -0.05) is 27.4 Å². The van der Waals surface area contributed by atoms with Gasteiger partial charge in [0.2, 0.25) is 0 Å². The highest BCUT2D eigenvalue weighted by Crippen LogP contribution is 2.62. The van der Waals surface area contributed by atoms with Crippen molar-refractivity contribution in [1.82, 2.24) is 0 Å². The molecule has 0 aromatic rings. The van der Waals surface area contributed by atoms with Gasteiger partial charge in [-0.3, -0.25) is 24.0 Å². The monoisotopic (exact) mass is 578 g/mol. The molecular weight excluding hydrogens is 536 g/mol. The maximum Gasteiger partial charge on any atom is 0.307 e. The SMILES string of the molecule is C=C1C(O)CC(OC(C)=O)[C@@]2(C)C(OC(C)=O)C(OC(C)=O)[C@H]3C(C)=C(OC(C)=O)C[C@@H](C(OC(C)=O)[C@H]12)C3(C)C. The first-order valence-corrected chi connectivity index (χ1v) is 13.8. The summed E-state index contributed by atoms with van der Waals surface area (Å²) in [6, 6.07) is 0. The van der Waals surface area contributed by atoms with Crippen LogP contribution in [0, 0.1) is 28.6 Å². The molecule has 0 saturated heterocycles. The van der Waals surface area contributed by atoms with E-state index in [1.807, 2.05) is 13.8 Å². The van der Waals surface area contributed by atoms with E-state index in [-0.39, 0.29) is 18.4 Å². The maximum absolute atomic E-state index is 12.7. The maximum atomic E-state index is 12.7. The molecular formula is C30H42O11. The van der Waals surface area contributed by atoms with Crippen molar-refractivity contribution < 1.29 is 52.8 Å². The first-order valence-electron chi connectivity index (χ1n) is 13.8. The van der Waals surface area contributed by atoms with Crippen molar-refractivity contribution in [2.24, 2.45) is 28.6 Å². The minimum absolute atomic E-state index is 0.0744. The number of rotatable bonds is 5. The Balaban J connectivity index is 2.51. The molecule has 5 unspecified atom stereocenters. The molecule has 2 fully saturated rings. The van der Waals surface area contributed by atoms with Crippen LogP contribution < -0.4 is 0 Å². The summed E-state index contributed by atoms with van der Waals surface area (Å²) in [5.74, 6) is -5.02. The fourth-order valence-electron chi connectivity index (χ4n) is 7.60. The summed E-state index contributed by atoms with van der Waals surface area (Å²) < 4.78 is 29.5. The summed E-state index contributed by atoms with van der Waals surface area (Å²) >= 11 is 0. The molecule has 0 aromatic carbocycles. The summed E-state index contributed by atoms with van der Waals surface area (Å²) in [4.78, 5) is 62.5. The Morgan fingerprint density at radius 3 is 1.78 bits per heavy atom. The van der Waals surface area contributed by atoms with Gasteiger partial charge in [0.15, 0.2) is 0 Å². The smallest absolute Gasteiger partial charge is 0.307 e. The zero-order valence-corrected chi connectivity index (χ0v) is 25.3. The van der Waals surface area contributed by atoms with Gasteiger partial charge in [0, 0.05) is 65.2 Å². The second-order valence-electron chi connectivity index (χ2n) is 12.3. The molecule has 0 aromatic heterocycles. The molecule has 0 radical (unpaired) electrons. The number of hydrogen-bond donors (Lipinski definition) is 1. The van der Waals surface area contributed by atoms with Crippen molar-refractivity contribution >= 4 is 29.8 Å². The van der Waals surface area contributed by atoms with Gasteiger partial charge in [0.05, 0.1) is 11.5 Å². The minimum Gasteiger partial charge on any atom is -0.462 e. The Kier molecular flexibility index (Phi) is 9.13. The highest BCUT2D eigenvalue weighted by atomic mass is 16.6. The van der Waals surface area contributed by atoms with Gasteiger partial charge in [0.25, 0.3) is 0 Å². The number of carbonyl (C=O) groups is 5. The molecule has 11 nitrogen and oxygen atoms in total. The molecule has 11 heteroatoms. The second-order valence-corrected chi connectivity index (χ2v) is 12.3. The molecule has 1 N–H and O–H groups in total. The number of carbonyl (C=O) groups excluding carboxylic acids is 5. The van der Waals surface area contributed by atoms with Crippen molar-refractivity contribution in [1.29, 1.82) is 0 Å². The van der Waals surface area contributed by atoms with Gasteiger partial charge < -0.3 is 28.8 Å². The summed E-state index contributed by atoms with van der Waals surface area (Å²) in [6.45, 7) is 17.7. The van der Waals surface area contributed by atoms with Crippen molar-refractivity contribution in [3.05, 3.63) is 23.5 Å². The number of fused-ring (bicyclic) bond motifs is 3. The normalized spacial score (nSPS) is 36.1. The zero-order chi connectivity index (χ0) is 31.2. The average Bonchev–Trinajstić information content (AvgIpc) is 2.80. The molecule has 0 aliphatic heterocycles. The van der Waals surface area contributed by atoms with Crippen LogP contribution in [-0.4, -0.2) is 65.5 Å². The van der Waals surface area contributed by atoms with Crippen molar-refractivity contribution in [3.8, 4) is 0 Å². The average molecular weight is 579 g/mol. The lowest BCUT2D eigenvalue weighted by Crippen LogP contribution is -2.69. The molecule has 3 rings (SSSR count). The van der Waals surface area contributed by atoms with Gasteiger partial charge in [-0.2, -0.15) is 0 Å². The highest BCUT2D eigenvalue weighted by Gasteiger charge is 2.68. The van der Waals surface area contributed by atoms with E-state index in [9.17, 15) is 29.1 Å². The van der Waals surface area contributed by atoms with E-state index in [0.29, 0.717) is 11.3 Å². The van der Waals surface area contributed by atoms with Crippen LogP contribution in [0.3, 0.4) is 0 Å². The van der Waals surface area contributed by atoms with Crippen molar-refractivity contribution in [2.45, 2.75) is 106 Å². The van der Waals surface area contributed by atoms with E-state index in [1.165, 1.54) is 34.6 Å². The standard InChI is InChI=1S/C30H42O11/c1-13-21(36)12-23(38-16(4)32)30(10)25(13)26(39-17(5)33)20-11-22(37-15(3)31)14(2)24(29(20,8)9)27(40-18(6)34)28(30)41-19(7)35/h20-21,23-28,36H,1,11-12H2,2-10H3/t20-,21?,23?,24+,25-,26?,27?,28?,30+/m0/s1. The van der Waals surface area contributed by atoms with E-state index in [0.717, 1.165) is 0 Å². The highest BCUT2D eigenvalue weighted by molar-refractivity contribution is 5.69. The fourth-order valence-corrected chi connectivity index (χ4v) is 7.60. The zero-order valence-electron chi connectivity index (χ0n) is 25.3. The van der Waals surface area contributed by atoms with Crippen LogP contribution in [0.5, 0.6) is 0 Å². The van der Waals surface area contributed by atoms with Gasteiger partial charge in [-0.25, -0.2) is 0 Å². The predicted octanol–water partition coefficient (Wildman–Crippen LogP) is 3.17. The van der Waals surface area contributed by atoms with E-state index in [1.54, 1.807) is 13.8 Å². The van der Waals surface area contributed by atoms with E-state index in [2.05, 4.69) is 6.58 Å². The molecule has 2 bridgehead atoms. The van der Waals surface area contributed by atoms with Crippen LogP contribution in [0.15, 0.2) is 23.5 Å². The molecule has 228 valence electrons. The van der Waals surface area contributed by atoms with Gasteiger partial charge in [-0.05, 0) is 23.5 Å². The van der Waals surface area contributed by atoms with Crippen LogP contribution in [0.4, 0.5) is 0 Å². The van der Waals surface area contributed by atoms with Crippen LogP contribution >= 0.6 is 0 Å². The van der Waals surface area contributed by atoms with Crippen molar-refractivity contribution in [3.63, 3.8) is 0 Å². The summed E-state index contributed by atoms with van der Waals surface area (Å²) in [6.07, 6.45) is -5.52. The predicted molar refractivity (Wildman–Crippen MR) is 143 cm³/mol. The Morgan fingerprint density at radius 2 is 1.29 bits per heavy atom. The number of aliphatic hydroxyl groups excluding tert-OH is 1. The molecule has 41 heavy (non-hydrogen) atoms. The molecule has 0 amide bonds. The quantitative estimate of drug-likeness (QED) is 0.291. The Hall–Kier alpha value is -3.21. The Morgan fingerprint density at radius 1 is 0.780 bits per heavy atom. The van der Waals surface area contributed by atoms with Crippen LogP contribution in [0.2, 0.25) is 0 Å². The first kappa shape index (κ1) is 32.3. The number of aliphatic hydroxyl groups is 1.